The Hall–Kier alpha value is -1.30. The summed E-state index contributed by atoms with van der Waals surface area (Å²) < 4.78 is 0. The maximum atomic E-state index is 10.8. The molecule has 1 atom stereocenters. The molecule has 0 bridgehead atoms. The van der Waals surface area contributed by atoms with E-state index < -0.39 is 11.3 Å². The van der Waals surface area contributed by atoms with Crippen molar-refractivity contribution >= 4 is 5.91 Å². The van der Waals surface area contributed by atoms with Gasteiger partial charge < -0.3 is 5.73 Å². The summed E-state index contributed by atoms with van der Waals surface area (Å²) in [5, 5.41) is 8.68. The Morgan fingerprint density at radius 2 is 2.45 bits per heavy atom. The fraction of sp³-hybridized carbons (Fsp3) is 0.500. The molecule has 0 aliphatic rings. The lowest BCUT2D eigenvalue weighted by atomic mass is 9.83. The van der Waals surface area contributed by atoms with Crippen molar-refractivity contribution in [3.8, 4) is 6.07 Å². The second-order valence-corrected chi connectivity index (χ2v) is 2.40. The second kappa shape index (κ2) is 3.77. The predicted octanol–water partition coefficient (Wildman–Crippen LogP) is 0.968. The fourth-order valence-electron chi connectivity index (χ4n) is 0.845. The van der Waals surface area contributed by atoms with E-state index in [2.05, 4.69) is 6.58 Å². The van der Waals surface area contributed by atoms with Gasteiger partial charge in [-0.1, -0.05) is 13.0 Å². The van der Waals surface area contributed by atoms with Crippen LogP contribution in [0, 0.1) is 16.7 Å². The van der Waals surface area contributed by atoms with Crippen LogP contribution >= 0.6 is 0 Å². The second-order valence-electron chi connectivity index (χ2n) is 2.40. The molecule has 3 nitrogen and oxygen atoms in total. The molecule has 0 fully saturated rings. The lowest BCUT2D eigenvalue weighted by Crippen LogP contribution is -2.34. The fourth-order valence-corrected chi connectivity index (χ4v) is 0.845. The van der Waals surface area contributed by atoms with Gasteiger partial charge in [-0.25, -0.2) is 0 Å². The number of carbonyl (C=O) groups is 1. The third kappa shape index (κ3) is 1.81. The van der Waals surface area contributed by atoms with E-state index in [1.807, 2.05) is 6.07 Å². The number of nitrogens with two attached hydrogens (primary N) is 1. The number of amides is 1. The lowest BCUT2D eigenvalue weighted by molar-refractivity contribution is -0.124. The summed E-state index contributed by atoms with van der Waals surface area (Å²) in [6, 6.07) is 1.92. The summed E-state index contributed by atoms with van der Waals surface area (Å²) in [6.45, 7) is 5.23. The molecular weight excluding hydrogens is 140 g/mol. The van der Waals surface area contributed by atoms with E-state index >= 15 is 0 Å². The molecular formula is C8H12N2O. The highest BCUT2D eigenvalue weighted by molar-refractivity contribution is 5.83. The first-order chi connectivity index (χ1) is 5.13. The maximum Gasteiger partial charge on any atom is 0.238 e. The van der Waals surface area contributed by atoms with Crippen molar-refractivity contribution in [3.63, 3.8) is 0 Å². The zero-order valence-electron chi connectivity index (χ0n) is 6.63. The molecule has 1 amide bonds. The van der Waals surface area contributed by atoms with Crippen LogP contribution in [0.25, 0.3) is 0 Å². The van der Waals surface area contributed by atoms with Gasteiger partial charge >= 0.3 is 0 Å². The van der Waals surface area contributed by atoms with Crippen molar-refractivity contribution in [2.45, 2.75) is 19.8 Å². The predicted molar refractivity (Wildman–Crippen MR) is 42.3 cm³/mol. The Morgan fingerprint density at radius 3 is 2.55 bits per heavy atom. The standard InChI is InChI=1S/C8H12N2O/c1-3-5-8(4-2,6-9)7(10)11/h3H,1,4-5H2,2H3,(H2,10,11). The van der Waals surface area contributed by atoms with Gasteiger partial charge in [0.2, 0.25) is 5.91 Å². The first-order valence-electron chi connectivity index (χ1n) is 3.45. The van der Waals surface area contributed by atoms with Crippen molar-refractivity contribution in [3.05, 3.63) is 12.7 Å². The molecule has 0 aliphatic carbocycles. The largest absolute Gasteiger partial charge is 0.368 e. The van der Waals surface area contributed by atoms with Gasteiger partial charge in [-0.3, -0.25) is 4.79 Å². The molecule has 60 valence electrons. The molecule has 3 heteroatoms. The number of hydrogen-bond acceptors (Lipinski definition) is 2. The van der Waals surface area contributed by atoms with Crippen molar-refractivity contribution < 1.29 is 4.79 Å². The van der Waals surface area contributed by atoms with Crippen molar-refractivity contribution in [1.29, 1.82) is 5.26 Å². The van der Waals surface area contributed by atoms with E-state index in [1.54, 1.807) is 6.92 Å². The average Bonchev–Trinajstić information content (AvgIpc) is 2.00. The Labute approximate surface area is 66.5 Å². The number of allylic oxidation sites excluding steroid dienone is 1. The normalized spacial score (nSPS) is 14.5. The summed E-state index contributed by atoms with van der Waals surface area (Å²) in [4.78, 5) is 10.8. The van der Waals surface area contributed by atoms with Crippen LogP contribution in [0.4, 0.5) is 0 Å². The molecule has 0 aromatic rings. The first kappa shape index (κ1) is 9.70. The van der Waals surface area contributed by atoms with Crippen LogP contribution in [0.2, 0.25) is 0 Å². The van der Waals surface area contributed by atoms with Gasteiger partial charge in [0.25, 0.3) is 0 Å². The van der Waals surface area contributed by atoms with Crippen LogP contribution in [0.1, 0.15) is 19.8 Å². The Balaban J connectivity index is 4.63. The molecule has 0 saturated carbocycles. The van der Waals surface area contributed by atoms with Gasteiger partial charge in [0.1, 0.15) is 5.41 Å². The van der Waals surface area contributed by atoms with Gasteiger partial charge in [-0.15, -0.1) is 6.58 Å². The van der Waals surface area contributed by atoms with Crippen molar-refractivity contribution in [2.24, 2.45) is 11.1 Å². The summed E-state index contributed by atoms with van der Waals surface area (Å²) in [5.74, 6) is -0.567. The number of nitrogens with zero attached hydrogens (tertiary/aromatic N) is 1. The van der Waals surface area contributed by atoms with E-state index in [-0.39, 0.29) is 0 Å². The van der Waals surface area contributed by atoms with Crippen LogP contribution in [0.15, 0.2) is 12.7 Å². The topological polar surface area (TPSA) is 66.9 Å². The Kier molecular flexibility index (Phi) is 3.32. The van der Waals surface area contributed by atoms with Crippen LogP contribution < -0.4 is 5.73 Å². The molecule has 0 aliphatic heterocycles. The molecule has 0 saturated heterocycles. The van der Waals surface area contributed by atoms with Gasteiger partial charge in [-0.05, 0) is 12.8 Å². The van der Waals surface area contributed by atoms with Gasteiger partial charge in [0.05, 0.1) is 6.07 Å². The summed E-state index contributed by atoms with van der Waals surface area (Å²) in [6.07, 6.45) is 2.30. The van der Waals surface area contributed by atoms with Gasteiger partial charge in [0, 0.05) is 0 Å². The van der Waals surface area contributed by atoms with Crippen LogP contribution in [0.3, 0.4) is 0 Å². The van der Waals surface area contributed by atoms with Gasteiger partial charge in [0.15, 0.2) is 0 Å². The van der Waals surface area contributed by atoms with Crippen LogP contribution in [-0.4, -0.2) is 5.91 Å². The van der Waals surface area contributed by atoms with Gasteiger partial charge in [-0.2, -0.15) is 5.26 Å². The maximum absolute atomic E-state index is 10.8. The summed E-state index contributed by atoms with van der Waals surface area (Å²) in [5.41, 5.74) is 4.03. The number of rotatable bonds is 4. The molecule has 11 heavy (non-hydrogen) atoms. The van der Waals surface area contributed by atoms with E-state index in [4.69, 9.17) is 11.0 Å². The van der Waals surface area contributed by atoms with E-state index in [9.17, 15) is 4.79 Å². The number of primary amides is 1. The smallest absolute Gasteiger partial charge is 0.238 e. The Morgan fingerprint density at radius 1 is 1.91 bits per heavy atom. The SMILES string of the molecule is C=CCC(C#N)(CC)C(N)=O. The minimum atomic E-state index is -1.04. The number of carbonyl (C=O) groups excluding carboxylic acids is 1. The number of nitriles is 1. The summed E-state index contributed by atoms with van der Waals surface area (Å²) in [7, 11) is 0. The third-order valence-corrected chi connectivity index (χ3v) is 1.78. The molecule has 0 aromatic carbocycles. The minimum Gasteiger partial charge on any atom is -0.368 e. The van der Waals surface area contributed by atoms with Crippen LogP contribution in [0.5, 0.6) is 0 Å². The highest BCUT2D eigenvalue weighted by atomic mass is 16.1. The summed E-state index contributed by atoms with van der Waals surface area (Å²) >= 11 is 0. The van der Waals surface area contributed by atoms with Crippen molar-refractivity contribution in [1.82, 2.24) is 0 Å². The first-order valence-corrected chi connectivity index (χ1v) is 3.45. The molecule has 0 aromatic heterocycles. The molecule has 0 spiro atoms. The zero-order valence-corrected chi connectivity index (χ0v) is 6.63. The van der Waals surface area contributed by atoms with Crippen molar-refractivity contribution in [2.75, 3.05) is 0 Å². The number of hydrogen-bond donors (Lipinski definition) is 1. The molecule has 2 N–H and O–H groups in total. The monoisotopic (exact) mass is 152 g/mol. The Bertz CT molecular complexity index is 205. The highest BCUT2D eigenvalue weighted by Gasteiger charge is 2.33. The third-order valence-electron chi connectivity index (χ3n) is 1.78. The zero-order chi connectivity index (χ0) is 8.91. The molecule has 0 rings (SSSR count). The van der Waals surface area contributed by atoms with Crippen LogP contribution in [-0.2, 0) is 4.79 Å². The highest BCUT2D eigenvalue weighted by Crippen LogP contribution is 2.24. The minimum absolute atomic E-state index is 0.329. The molecule has 0 heterocycles. The quantitative estimate of drug-likeness (QED) is 0.610. The van der Waals surface area contributed by atoms with E-state index in [0.29, 0.717) is 12.8 Å². The average molecular weight is 152 g/mol. The molecule has 1 unspecified atom stereocenters. The van der Waals surface area contributed by atoms with E-state index in [1.165, 1.54) is 6.08 Å². The van der Waals surface area contributed by atoms with E-state index in [0.717, 1.165) is 0 Å². The lowest BCUT2D eigenvalue weighted by Gasteiger charge is -2.18. The molecule has 0 radical (unpaired) electrons.